The Hall–Kier alpha value is -2.11. The van der Waals surface area contributed by atoms with Gasteiger partial charge < -0.3 is 9.64 Å². The molecular weight excluding hydrogens is 340 g/mol. The summed E-state index contributed by atoms with van der Waals surface area (Å²) in [5.74, 6) is 0.545. The van der Waals surface area contributed by atoms with Crippen LogP contribution in [0, 0.1) is 10.1 Å². The fourth-order valence-corrected chi connectivity index (χ4v) is 3.31. The number of fused-ring (bicyclic) bond motifs is 1. The van der Waals surface area contributed by atoms with Gasteiger partial charge in [-0.3, -0.25) is 10.1 Å². The minimum atomic E-state index is -0.392. The van der Waals surface area contributed by atoms with E-state index in [0.717, 1.165) is 19.3 Å². The lowest BCUT2D eigenvalue weighted by atomic mass is 10.0. The fraction of sp³-hybridized carbons (Fsp3) is 0.368. The molecule has 0 heterocycles. The molecule has 134 valence electrons. The number of benzene rings is 2. The van der Waals surface area contributed by atoms with Gasteiger partial charge in [-0.1, -0.05) is 30.3 Å². The number of nitro groups is 1. The largest absolute Gasteiger partial charge is 0.485 e. The standard InChI is InChI=1S/C19H22N2O3.ClH/c1-20(2)15-11-10-14-6-3-4-9-18(14)19(13-15)24-17-8-5-7-16(12-17)21(22)23;/h3-9,12,15,19H,10-11,13H2,1-2H3;1H. The number of hydrogen-bond donors (Lipinski definition) is 0. The summed E-state index contributed by atoms with van der Waals surface area (Å²) in [4.78, 5) is 12.8. The van der Waals surface area contributed by atoms with Crippen LogP contribution in [-0.4, -0.2) is 30.0 Å². The Bertz CT molecular complexity index is 736. The van der Waals surface area contributed by atoms with Gasteiger partial charge in [0.2, 0.25) is 0 Å². The van der Waals surface area contributed by atoms with E-state index in [2.05, 4.69) is 37.2 Å². The SMILES string of the molecule is CN(C)C1CCc2ccccc2C(Oc2cccc([N+](=O)[O-])c2)C1.Cl. The third kappa shape index (κ3) is 4.50. The van der Waals surface area contributed by atoms with Crippen molar-refractivity contribution in [2.24, 2.45) is 0 Å². The van der Waals surface area contributed by atoms with Gasteiger partial charge in [-0.2, -0.15) is 0 Å². The molecule has 2 aromatic rings. The van der Waals surface area contributed by atoms with Gasteiger partial charge in [0, 0.05) is 18.5 Å². The highest BCUT2D eigenvalue weighted by atomic mass is 35.5. The van der Waals surface area contributed by atoms with E-state index in [1.807, 2.05) is 6.07 Å². The van der Waals surface area contributed by atoms with Crippen molar-refractivity contribution in [3.8, 4) is 5.75 Å². The molecule has 1 aliphatic carbocycles. The first-order valence-electron chi connectivity index (χ1n) is 8.20. The van der Waals surface area contributed by atoms with E-state index in [4.69, 9.17) is 4.74 Å². The number of rotatable bonds is 4. The van der Waals surface area contributed by atoms with E-state index in [-0.39, 0.29) is 24.2 Å². The molecule has 0 saturated heterocycles. The van der Waals surface area contributed by atoms with Gasteiger partial charge in [0.05, 0.1) is 11.0 Å². The zero-order valence-electron chi connectivity index (χ0n) is 14.4. The lowest BCUT2D eigenvalue weighted by Crippen LogP contribution is -2.30. The van der Waals surface area contributed by atoms with Crippen molar-refractivity contribution in [2.75, 3.05) is 14.1 Å². The summed E-state index contributed by atoms with van der Waals surface area (Å²) in [6.07, 6.45) is 2.87. The molecule has 0 fully saturated rings. The van der Waals surface area contributed by atoms with Crippen molar-refractivity contribution in [1.29, 1.82) is 0 Å². The normalized spacial score (nSPS) is 19.5. The lowest BCUT2D eigenvalue weighted by Gasteiger charge is -2.27. The number of nitrogens with zero attached hydrogens (tertiary/aromatic N) is 2. The Kier molecular flexibility index (Phi) is 6.39. The molecular formula is C19H23ClN2O3. The number of ether oxygens (including phenoxy) is 1. The summed E-state index contributed by atoms with van der Waals surface area (Å²) >= 11 is 0. The van der Waals surface area contributed by atoms with E-state index < -0.39 is 4.92 Å². The Balaban J connectivity index is 0.00000225. The summed E-state index contributed by atoms with van der Waals surface area (Å²) < 4.78 is 6.20. The van der Waals surface area contributed by atoms with E-state index >= 15 is 0 Å². The van der Waals surface area contributed by atoms with Gasteiger partial charge in [-0.25, -0.2) is 0 Å². The van der Waals surface area contributed by atoms with Gasteiger partial charge in [0.1, 0.15) is 11.9 Å². The van der Waals surface area contributed by atoms with Crippen LogP contribution >= 0.6 is 12.4 Å². The van der Waals surface area contributed by atoms with Crippen molar-refractivity contribution in [2.45, 2.75) is 31.4 Å². The van der Waals surface area contributed by atoms with Crippen molar-refractivity contribution in [1.82, 2.24) is 4.90 Å². The van der Waals surface area contributed by atoms with Gasteiger partial charge in [0.25, 0.3) is 5.69 Å². The number of aryl methyl sites for hydroxylation is 1. The second-order valence-electron chi connectivity index (χ2n) is 6.45. The third-order valence-electron chi connectivity index (χ3n) is 4.67. The lowest BCUT2D eigenvalue weighted by molar-refractivity contribution is -0.385. The van der Waals surface area contributed by atoms with Crippen LogP contribution in [0.4, 0.5) is 5.69 Å². The molecule has 3 rings (SSSR count). The van der Waals surface area contributed by atoms with Crippen LogP contribution in [0.25, 0.3) is 0 Å². The maximum absolute atomic E-state index is 11.0. The van der Waals surface area contributed by atoms with Crippen molar-refractivity contribution >= 4 is 18.1 Å². The molecule has 0 bridgehead atoms. The molecule has 5 nitrogen and oxygen atoms in total. The first kappa shape index (κ1) is 19.2. The minimum absolute atomic E-state index is 0. The molecule has 0 radical (unpaired) electrons. The topological polar surface area (TPSA) is 55.6 Å². The molecule has 2 atom stereocenters. The Morgan fingerprint density at radius 1 is 1.16 bits per heavy atom. The first-order valence-corrected chi connectivity index (χ1v) is 8.20. The van der Waals surface area contributed by atoms with E-state index in [9.17, 15) is 10.1 Å². The fourth-order valence-electron chi connectivity index (χ4n) is 3.31. The maximum Gasteiger partial charge on any atom is 0.273 e. The number of nitro benzene ring substituents is 1. The van der Waals surface area contributed by atoms with Gasteiger partial charge in [-0.15, -0.1) is 12.4 Å². The van der Waals surface area contributed by atoms with E-state index in [1.54, 1.807) is 12.1 Å². The molecule has 0 spiro atoms. The molecule has 0 aromatic heterocycles. The molecule has 2 aromatic carbocycles. The summed E-state index contributed by atoms with van der Waals surface area (Å²) in [6.45, 7) is 0. The smallest absolute Gasteiger partial charge is 0.273 e. The van der Waals surface area contributed by atoms with Crippen LogP contribution in [-0.2, 0) is 6.42 Å². The molecule has 2 unspecified atom stereocenters. The average molecular weight is 363 g/mol. The second-order valence-corrected chi connectivity index (χ2v) is 6.45. The molecule has 0 aliphatic heterocycles. The molecule has 25 heavy (non-hydrogen) atoms. The van der Waals surface area contributed by atoms with Crippen LogP contribution in [0.2, 0.25) is 0 Å². The quantitative estimate of drug-likeness (QED) is 0.459. The predicted octanol–water partition coefficient (Wildman–Crippen LogP) is 4.40. The zero-order chi connectivity index (χ0) is 17.1. The summed E-state index contributed by atoms with van der Waals surface area (Å²) in [5.41, 5.74) is 2.55. The monoisotopic (exact) mass is 362 g/mol. The molecule has 6 heteroatoms. The van der Waals surface area contributed by atoms with Crippen LogP contribution in [0.1, 0.15) is 30.1 Å². The van der Waals surface area contributed by atoms with Crippen LogP contribution in [0.5, 0.6) is 5.75 Å². The van der Waals surface area contributed by atoms with Crippen molar-refractivity contribution in [3.63, 3.8) is 0 Å². The summed E-state index contributed by atoms with van der Waals surface area (Å²) in [7, 11) is 4.18. The van der Waals surface area contributed by atoms with Crippen LogP contribution < -0.4 is 4.74 Å². The van der Waals surface area contributed by atoms with Crippen LogP contribution in [0.3, 0.4) is 0 Å². The highest BCUT2D eigenvalue weighted by molar-refractivity contribution is 5.85. The molecule has 0 saturated carbocycles. The second kappa shape index (κ2) is 8.32. The predicted molar refractivity (Wildman–Crippen MR) is 101 cm³/mol. The number of non-ortho nitro benzene ring substituents is 1. The zero-order valence-corrected chi connectivity index (χ0v) is 15.2. The van der Waals surface area contributed by atoms with E-state index in [0.29, 0.717) is 11.8 Å². The van der Waals surface area contributed by atoms with Gasteiger partial charge >= 0.3 is 0 Å². The minimum Gasteiger partial charge on any atom is -0.485 e. The van der Waals surface area contributed by atoms with Crippen molar-refractivity contribution < 1.29 is 9.66 Å². The average Bonchev–Trinajstić information content (AvgIpc) is 2.75. The summed E-state index contributed by atoms with van der Waals surface area (Å²) in [6, 6.07) is 15.2. The summed E-state index contributed by atoms with van der Waals surface area (Å²) in [5, 5.41) is 11.0. The van der Waals surface area contributed by atoms with Crippen LogP contribution in [0.15, 0.2) is 48.5 Å². The van der Waals surface area contributed by atoms with Gasteiger partial charge in [0.15, 0.2) is 0 Å². The Morgan fingerprint density at radius 3 is 2.64 bits per heavy atom. The third-order valence-corrected chi connectivity index (χ3v) is 4.67. The van der Waals surface area contributed by atoms with Gasteiger partial charge in [-0.05, 0) is 44.1 Å². The number of halogens is 1. The molecule has 1 aliphatic rings. The molecule has 0 amide bonds. The van der Waals surface area contributed by atoms with E-state index in [1.165, 1.54) is 23.3 Å². The highest BCUT2D eigenvalue weighted by Gasteiger charge is 2.27. The maximum atomic E-state index is 11.0. The Labute approximate surface area is 154 Å². The van der Waals surface area contributed by atoms with Crippen molar-refractivity contribution in [3.05, 3.63) is 69.8 Å². The first-order chi connectivity index (χ1) is 11.5. The number of hydrogen-bond acceptors (Lipinski definition) is 4. The highest BCUT2D eigenvalue weighted by Crippen LogP contribution is 2.34. The molecule has 0 N–H and O–H groups in total. The Morgan fingerprint density at radius 2 is 1.92 bits per heavy atom.